The Bertz CT molecular complexity index is 381. The lowest BCUT2D eigenvalue weighted by Gasteiger charge is -2.25. The van der Waals surface area contributed by atoms with Crippen molar-refractivity contribution in [1.82, 2.24) is 10.6 Å². The molecule has 0 aromatic heterocycles. The zero-order chi connectivity index (χ0) is 13.0. The van der Waals surface area contributed by atoms with Crippen LogP contribution in [0.2, 0.25) is 0 Å². The number of benzene rings is 1. The minimum atomic E-state index is 0.451. The Kier molecular flexibility index (Phi) is 4.79. The highest BCUT2D eigenvalue weighted by molar-refractivity contribution is 5.32. The van der Waals surface area contributed by atoms with Gasteiger partial charge < -0.3 is 10.6 Å². The summed E-state index contributed by atoms with van der Waals surface area (Å²) >= 11 is 0. The van der Waals surface area contributed by atoms with E-state index < -0.39 is 0 Å². The number of aryl methyl sites for hydroxylation is 2. The highest BCUT2D eigenvalue weighted by atomic mass is 14.9. The molecule has 1 aliphatic heterocycles. The maximum absolute atomic E-state index is 3.70. The van der Waals surface area contributed by atoms with E-state index in [4.69, 9.17) is 0 Å². The summed E-state index contributed by atoms with van der Waals surface area (Å²) in [6.45, 7) is 10.1. The van der Waals surface area contributed by atoms with Crippen LogP contribution >= 0.6 is 0 Å². The van der Waals surface area contributed by atoms with Crippen LogP contribution in [0.3, 0.4) is 0 Å². The van der Waals surface area contributed by atoms with Gasteiger partial charge in [0.25, 0.3) is 0 Å². The Morgan fingerprint density at radius 2 is 2.22 bits per heavy atom. The monoisotopic (exact) mass is 246 g/mol. The minimum absolute atomic E-state index is 0.451. The van der Waals surface area contributed by atoms with E-state index in [-0.39, 0.29) is 0 Å². The van der Waals surface area contributed by atoms with E-state index in [0.29, 0.717) is 6.04 Å². The maximum atomic E-state index is 3.70. The van der Waals surface area contributed by atoms with Crippen LogP contribution in [0.1, 0.15) is 42.5 Å². The molecule has 0 saturated carbocycles. The fourth-order valence-electron chi connectivity index (χ4n) is 2.78. The molecular formula is C16H26N2. The lowest BCUT2D eigenvalue weighted by Crippen LogP contribution is -2.36. The molecule has 0 amide bonds. The molecule has 1 heterocycles. The van der Waals surface area contributed by atoms with Crippen molar-refractivity contribution in [2.24, 2.45) is 5.92 Å². The van der Waals surface area contributed by atoms with Crippen molar-refractivity contribution >= 4 is 0 Å². The molecule has 1 aliphatic rings. The molecule has 100 valence electrons. The Balaban J connectivity index is 1.90. The fraction of sp³-hybridized carbons (Fsp3) is 0.625. The molecule has 18 heavy (non-hydrogen) atoms. The van der Waals surface area contributed by atoms with Gasteiger partial charge in [0.2, 0.25) is 0 Å². The number of nitrogens with one attached hydrogen (secondary N) is 2. The van der Waals surface area contributed by atoms with Crippen molar-refractivity contribution < 1.29 is 0 Å². The fourth-order valence-corrected chi connectivity index (χ4v) is 2.78. The molecule has 0 radical (unpaired) electrons. The summed E-state index contributed by atoms with van der Waals surface area (Å²) in [5.74, 6) is 0.798. The van der Waals surface area contributed by atoms with Crippen molar-refractivity contribution in [2.45, 2.75) is 39.7 Å². The van der Waals surface area contributed by atoms with Gasteiger partial charge in [-0.15, -0.1) is 0 Å². The molecule has 1 aromatic rings. The van der Waals surface area contributed by atoms with Gasteiger partial charge in [-0.3, -0.25) is 0 Å². The standard InChI is InChI=1S/C16H26N2/c1-12-6-7-13(2)16(9-12)14(3)18-11-15-5-4-8-17-10-15/h6-7,9,14-15,17-18H,4-5,8,10-11H2,1-3H3. The molecule has 2 nitrogen and oxygen atoms in total. The molecule has 2 unspecified atom stereocenters. The lowest BCUT2D eigenvalue weighted by molar-refractivity contribution is 0.348. The van der Waals surface area contributed by atoms with E-state index in [9.17, 15) is 0 Å². The van der Waals surface area contributed by atoms with Crippen LogP contribution in [0.4, 0.5) is 0 Å². The number of hydrogen-bond acceptors (Lipinski definition) is 2. The van der Waals surface area contributed by atoms with Gasteiger partial charge in [-0.1, -0.05) is 23.8 Å². The molecule has 1 saturated heterocycles. The second-order valence-electron chi connectivity index (χ2n) is 5.70. The molecule has 2 heteroatoms. The summed E-state index contributed by atoms with van der Waals surface area (Å²) in [4.78, 5) is 0. The van der Waals surface area contributed by atoms with E-state index in [0.717, 1.165) is 12.5 Å². The van der Waals surface area contributed by atoms with Gasteiger partial charge in [0.15, 0.2) is 0 Å². The first-order valence-electron chi connectivity index (χ1n) is 7.18. The van der Waals surface area contributed by atoms with Gasteiger partial charge in [-0.25, -0.2) is 0 Å². The van der Waals surface area contributed by atoms with E-state index in [2.05, 4.69) is 49.6 Å². The van der Waals surface area contributed by atoms with Crippen LogP contribution in [0.15, 0.2) is 18.2 Å². The Hall–Kier alpha value is -0.860. The maximum Gasteiger partial charge on any atom is 0.0294 e. The van der Waals surface area contributed by atoms with Crippen molar-refractivity contribution in [1.29, 1.82) is 0 Å². The van der Waals surface area contributed by atoms with Crippen molar-refractivity contribution in [3.63, 3.8) is 0 Å². The Morgan fingerprint density at radius 1 is 1.39 bits per heavy atom. The molecule has 2 N–H and O–H groups in total. The van der Waals surface area contributed by atoms with Gasteiger partial charge in [0, 0.05) is 6.04 Å². The van der Waals surface area contributed by atoms with Crippen molar-refractivity contribution in [3.8, 4) is 0 Å². The molecular weight excluding hydrogens is 220 g/mol. The largest absolute Gasteiger partial charge is 0.316 e. The average molecular weight is 246 g/mol. The number of rotatable bonds is 4. The quantitative estimate of drug-likeness (QED) is 0.853. The van der Waals surface area contributed by atoms with Gasteiger partial charge >= 0.3 is 0 Å². The second-order valence-corrected chi connectivity index (χ2v) is 5.70. The molecule has 2 atom stereocenters. The first kappa shape index (κ1) is 13.6. The third kappa shape index (κ3) is 3.56. The zero-order valence-corrected chi connectivity index (χ0v) is 11.9. The minimum Gasteiger partial charge on any atom is -0.316 e. The van der Waals surface area contributed by atoms with Gasteiger partial charge in [-0.2, -0.15) is 0 Å². The van der Waals surface area contributed by atoms with Crippen LogP contribution in [-0.2, 0) is 0 Å². The molecule has 0 bridgehead atoms. The molecule has 0 spiro atoms. The summed E-state index contributed by atoms with van der Waals surface area (Å²) in [6, 6.07) is 7.18. The predicted molar refractivity (Wildman–Crippen MR) is 77.9 cm³/mol. The van der Waals surface area contributed by atoms with Crippen LogP contribution in [-0.4, -0.2) is 19.6 Å². The lowest BCUT2D eigenvalue weighted by atomic mass is 9.97. The van der Waals surface area contributed by atoms with Gasteiger partial charge in [0.1, 0.15) is 0 Å². The molecule has 2 rings (SSSR count). The smallest absolute Gasteiger partial charge is 0.0294 e. The van der Waals surface area contributed by atoms with E-state index in [1.54, 1.807) is 0 Å². The molecule has 1 aromatic carbocycles. The Labute approximate surface area is 111 Å². The van der Waals surface area contributed by atoms with E-state index >= 15 is 0 Å². The third-order valence-corrected chi connectivity index (χ3v) is 4.01. The molecule has 1 fully saturated rings. The van der Waals surface area contributed by atoms with E-state index in [1.165, 1.54) is 42.6 Å². The predicted octanol–water partition coefficient (Wildman–Crippen LogP) is 2.95. The second kappa shape index (κ2) is 6.35. The Morgan fingerprint density at radius 3 is 2.94 bits per heavy atom. The summed E-state index contributed by atoms with van der Waals surface area (Å²) in [6.07, 6.45) is 2.68. The summed E-state index contributed by atoms with van der Waals surface area (Å²) < 4.78 is 0. The van der Waals surface area contributed by atoms with Crippen LogP contribution < -0.4 is 10.6 Å². The first-order valence-corrected chi connectivity index (χ1v) is 7.18. The number of piperidine rings is 1. The van der Waals surface area contributed by atoms with E-state index in [1.807, 2.05) is 0 Å². The van der Waals surface area contributed by atoms with Crippen LogP contribution in [0, 0.1) is 19.8 Å². The highest BCUT2D eigenvalue weighted by Crippen LogP contribution is 2.19. The summed E-state index contributed by atoms with van der Waals surface area (Å²) in [5.41, 5.74) is 4.18. The van der Waals surface area contributed by atoms with Crippen molar-refractivity contribution in [2.75, 3.05) is 19.6 Å². The van der Waals surface area contributed by atoms with Crippen LogP contribution in [0.5, 0.6) is 0 Å². The normalized spacial score (nSPS) is 21.8. The van der Waals surface area contributed by atoms with Gasteiger partial charge in [0.05, 0.1) is 0 Å². The summed E-state index contributed by atoms with van der Waals surface area (Å²) in [5, 5.41) is 7.18. The molecule has 0 aliphatic carbocycles. The van der Waals surface area contributed by atoms with Crippen molar-refractivity contribution in [3.05, 3.63) is 34.9 Å². The zero-order valence-electron chi connectivity index (χ0n) is 11.9. The average Bonchev–Trinajstić information content (AvgIpc) is 2.40. The SMILES string of the molecule is Cc1ccc(C)c(C(C)NCC2CCCNC2)c1. The first-order chi connectivity index (χ1) is 8.66. The van der Waals surface area contributed by atoms with Crippen LogP contribution in [0.25, 0.3) is 0 Å². The topological polar surface area (TPSA) is 24.1 Å². The summed E-state index contributed by atoms with van der Waals surface area (Å²) in [7, 11) is 0. The van der Waals surface area contributed by atoms with Gasteiger partial charge in [-0.05, 0) is 70.3 Å². The highest BCUT2D eigenvalue weighted by Gasteiger charge is 2.15. The number of hydrogen-bond donors (Lipinski definition) is 2. The third-order valence-electron chi connectivity index (χ3n) is 4.01.